The molecule has 20 heavy (non-hydrogen) atoms. The van der Waals surface area contributed by atoms with Crippen molar-refractivity contribution in [2.75, 3.05) is 0 Å². The maximum atomic E-state index is 11.6. The van der Waals surface area contributed by atoms with Gasteiger partial charge in [-0.15, -0.1) is 0 Å². The fraction of sp³-hybridized carbons (Fsp3) is 0.941. The molecule has 3 heteroatoms. The SMILES string of the molecule is CCCCCCCCCCCC(=O)NOC1CCCC1. The minimum absolute atomic E-state index is 0.0554. The van der Waals surface area contributed by atoms with Crippen LogP contribution in [0.3, 0.4) is 0 Å². The molecule has 1 rings (SSSR count). The lowest BCUT2D eigenvalue weighted by Gasteiger charge is -2.11. The van der Waals surface area contributed by atoms with Crippen molar-refractivity contribution in [2.45, 2.75) is 103 Å². The Kier molecular flexibility index (Phi) is 10.7. The van der Waals surface area contributed by atoms with Gasteiger partial charge in [-0.3, -0.25) is 9.63 Å². The van der Waals surface area contributed by atoms with Crippen LogP contribution in [0, 0.1) is 0 Å². The molecule has 1 amide bonds. The predicted molar refractivity (Wildman–Crippen MR) is 83.3 cm³/mol. The third-order valence-corrected chi connectivity index (χ3v) is 4.15. The molecule has 0 bridgehead atoms. The van der Waals surface area contributed by atoms with Crippen LogP contribution in [0.2, 0.25) is 0 Å². The zero-order valence-electron chi connectivity index (χ0n) is 13.3. The molecule has 0 spiro atoms. The Bertz CT molecular complexity index is 237. The molecule has 3 nitrogen and oxygen atoms in total. The van der Waals surface area contributed by atoms with Crippen LogP contribution < -0.4 is 5.48 Å². The quantitative estimate of drug-likeness (QED) is 0.409. The molecule has 0 radical (unpaired) electrons. The molecule has 1 saturated carbocycles. The van der Waals surface area contributed by atoms with E-state index in [0.717, 1.165) is 19.3 Å². The van der Waals surface area contributed by atoms with E-state index in [1.807, 2.05) is 0 Å². The van der Waals surface area contributed by atoms with Crippen molar-refractivity contribution >= 4 is 5.91 Å². The lowest BCUT2D eigenvalue weighted by molar-refractivity contribution is -0.138. The number of unbranched alkanes of at least 4 members (excludes halogenated alkanes) is 8. The summed E-state index contributed by atoms with van der Waals surface area (Å²) in [5, 5.41) is 0. The van der Waals surface area contributed by atoms with Crippen LogP contribution in [0.5, 0.6) is 0 Å². The van der Waals surface area contributed by atoms with E-state index >= 15 is 0 Å². The van der Waals surface area contributed by atoms with Crippen molar-refractivity contribution in [1.82, 2.24) is 5.48 Å². The van der Waals surface area contributed by atoms with Crippen LogP contribution >= 0.6 is 0 Å². The minimum Gasteiger partial charge on any atom is -0.273 e. The van der Waals surface area contributed by atoms with Gasteiger partial charge in [-0.25, -0.2) is 5.48 Å². The summed E-state index contributed by atoms with van der Waals surface area (Å²) in [4.78, 5) is 17.0. The second-order valence-corrected chi connectivity index (χ2v) is 6.13. The summed E-state index contributed by atoms with van der Waals surface area (Å²) in [5.41, 5.74) is 2.61. The third kappa shape index (κ3) is 9.35. The maximum absolute atomic E-state index is 11.6. The maximum Gasteiger partial charge on any atom is 0.243 e. The molecule has 118 valence electrons. The van der Waals surface area contributed by atoms with E-state index in [0.29, 0.717) is 6.42 Å². The minimum atomic E-state index is 0.0554. The van der Waals surface area contributed by atoms with Gasteiger partial charge < -0.3 is 0 Å². The van der Waals surface area contributed by atoms with E-state index in [4.69, 9.17) is 4.84 Å². The van der Waals surface area contributed by atoms with Crippen LogP contribution in [0.25, 0.3) is 0 Å². The van der Waals surface area contributed by atoms with Gasteiger partial charge in [0.15, 0.2) is 0 Å². The molecule has 0 aromatic carbocycles. The zero-order chi connectivity index (χ0) is 14.5. The number of hydrogen-bond acceptors (Lipinski definition) is 2. The standard InChI is InChI=1S/C17H33NO2/c1-2-3-4-5-6-7-8-9-10-15-17(19)18-20-16-13-11-12-14-16/h16H,2-15H2,1H3,(H,18,19). The second kappa shape index (κ2) is 12.2. The number of carbonyl (C=O) groups excluding carboxylic acids is 1. The van der Waals surface area contributed by atoms with E-state index in [9.17, 15) is 4.79 Å². The highest BCUT2D eigenvalue weighted by molar-refractivity contribution is 5.74. The smallest absolute Gasteiger partial charge is 0.243 e. The lowest BCUT2D eigenvalue weighted by Crippen LogP contribution is -2.27. The van der Waals surface area contributed by atoms with Gasteiger partial charge in [0.1, 0.15) is 0 Å². The first kappa shape index (κ1) is 17.5. The summed E-state index contributed by atoms with van der Waals surface area (Å²) in [5.74, 6) is 0.0554. The number of carbonyl (C=O) groups is 1. The van der Waals surface area contributed by atoms with E-state index < -0.39 is 0 Å². The molecule has 0 unspecified atom stereocenters. The molecule has 0 atom stereocenters. The average molecular weight is 283 g/mol. The van der Waals surface area contributed by atoms with Crippen molar-refractivity contribution in [3.05, 3.63) is 0 Å². The first-order valence-electron chi connectivity index (χ1n) is 8.77. The molecule has 0 heterocycles. The van der Waals surface area contributed by atoms with Crippen molar-refractivity contribution in [1.29, 1.82) is 0 Å². The molecule has 1 aliphatic carbocycles. The Labute approximate surface area is 124 Å². The number of hydroxylamine groups is 1. The predicted octanol–water partition coefficient (Wildman–Crippen LogP) is 4.90. The van der Waals surface area contributed by atoms with Gasteiger partial charge in [0.2, 0.25) is 5.91 Å². The van der Waals surface area contributed by atoms with E-state index in [1.54, 1.807) is 0 Å². The van der Waals surface area contributed by atoms with E-state index in [-0.39, 0.29) is 12.0 Å². The number of hydrogen-bond donors (Lipinski definition) is 1. The Morgan fingerprint density at radius 1 is 0.950 bits per heavy atom. The summed E-state index contributed by atoms with van der Waals surface area (Å²) < 4.78 is 0. The van der Waals surface area contributed by atoms with Crippen LogP contribution in [-0.2, 0) is 9.63 Å². The summed E-state index contributed by atoms with van der Waals surface area (Å²) in [6.45, 7) is 2.25. The van der Waals surface area contributed by atoms with Crippen molar-refractivity contribution in [3.8, 4) is 0 Å². The normalized spacial score (nSPS) is 15.7. The van der Waals surface area contributed by atoms with Gasteiger partial charge in [0.05, 0.1) is 6.10 Å². The summed E-state index contributed by atoms with van der Waals surface area (Å²) >= 11 is 0. The summed E-state index contributed by atoms with van der Waals surface area (Å²) in [6.07, 6.45) is 17.1. The molecular formula is C17H33NO2. The van der Waals surface area contributed by atoms with Gasteiger partial charge in [-0.1, -0.05) is 71.1 Å². The van der Waals surface area contributed by atoms with Crippen molar-refractivity contribution in [2.24, 2.45) is 0 Å². The zero-order valence-corrected chi connectivity index (χ0v) is 13.3. The molecule has 1 fully saturated rings. The average Bonchev–Trinajstić information content (AvgIpc) is 2.96. The lowest BCUT2D eigenvalue weighted by atomic mass is 10.1. The van der Waals surface area contributed by atoms with Gasteiger partial charge in [-0.05, 0) is 19.3 Å². The van der Waals surface area contributed by atoms with Gasteiger partial charge in [-0.2, -0.15) is 0 Å². The highest BCUT2D eigenvalue weighted by Gasteiger charge is 2.16. The van der Waals surface area contributed by atoms with Crippen LogP contribution in [-0.4, -0.2) is 12.0 Å². The molecule has 1 aliphatic rings. The molecule has 0 aliphatic heterocycles. The van der Waals surface area contributed by atoms with Gasteiger partial charge in [0.25, 0.3) is 0 Å². The largest absolute Gasteiger partial charge is 0.273 e. The highest BCUT2D eigenvalue weighted by atomic mass is 16.7. The monoisotopic (exact) mass is 283 g/mol. The van der Waals surface area contributed by atoms with Gasteiger partial charge >= 0.3 is 0 Å². The first-order valence-corrected chi connectivity index (χ1v) is 8.77. The topological polar surface area (TPSA) is 38.3 Å². The van der Waals surface area contributed by atoms with Crippen LogP contribution in [0.1, 0.15) is 96.8 Å². The third-order valence-electron chi connectivity index (χ3n) is 4.15. The number of rotatable bonds is 12. The summed E-state index contributed by atoms with van der Waals surface area (Å²) in [6, 6.07) is 0. The van der Waals surface area contributed by atoms with E-state index in [1.165, 1.54) is 64.2 Å². The Hall–Kier alpha value is -0.570. The van der Waals surface area contributed by atoms with Crippen molar-refractivity contribution in [3.63, 3.8) is 0 Å². The highest BCUT2D eigenvalue weighted by Crippen LogP contribution is 2.19. The Morgan fingerprint density at radius 2 is 1.50 bits per heavy atom. The fourth-order valence-electron chi connectivity index (χ4n) is 2.80. The number of nitrogens with one attached hydrogen (secondary N) is 1. The molecule has 0 aromatic heterocycles. The van der Waals surface area contributed by atoms with Crippen LogP contribution in [0.4, 0.5) is 0 Å². The van der Waals surface area contributed by atoms with Crippen LogP contribution in [0.15, 0.2) is 0 Å². The van der Waals surface area contributed by atoms with E-state index in [2.05, 4.69) is 12.4 Å². The Balaban J connectivity index is 1.79. The number of amides is 1. The Morgan fingerprint density at radius 3 is 2.10 bits per heavy atom. The molecule has 0 aromatic rings. The first-order chi connectivity index (χ1) is 9.83. The molecule has 0 saturated heterocycles. The molecular weight excluding hydrogens is 250 g/mol. The summed E-state index contributed by atoms with van der Waals surface area (Å²) in [7, 11) is 0. The second-order valence-electron chi connectivity index (χ2n) is 6.13. The fourth-order valence-corrected chi connectivity index (χ4v) is 2.80. The molecule has 1 N–H and O–H groups in total. The van der Waals surface area contributed by atoms with Crippen molar-refractivity contribution < 1.29 is 9.63 Å². The van der Waals surface area contributed by atoms with Gasteiger partial charge in [0, 0.05) is 6.42 Å².